The summed E-state index contributed by atoms with van der Waals surface area (Å²) in [7, 11) is 0. The Bertz CT molecular complexity index is 385. The van der Waals surface area contributed by atoms with E-state index in [4.69, 9.17) is 4.52 Å². The van der Waals surface area contributed by atoms with Crippen LogP contribution in [0.4, 0.5) is 0 Å². The minimum Gasteiger partial charge on any atom is -0.360 e. The van der Waals surface area contributed by atoms with Crippen molar-refractivity contribution in [3.63, 3.8) is 0 Å². The molecule has 2 rings (SSSR count). The summed E-state index contributed by atoms with van der Waals surface area (Å²) in [6, 6.07) is 2.36. The average molecular weight is 237 g/mol. The maximum Gasteiger partial charge on any atom is 0.236 e. The van der Waals surface area contributed by atoms with Crippen LogP contribution in [0.3, 0.4) is 0 Å². The Morgan fingerprint density at radius 1 is 1.65 bits per heavy atom. The van der Waals surface area contributed by atoms with E-state index in [2.05, 4.69) is 10.5 Å². The Labute approximate surface area is 101 Å². The molecule has 1 aliphatic rings. The quantitative estimate of drug-likeness (QED) is 0.804. The number of nitrogens with one attached hydrogen (secondary N) is 1. The molecular formula is C12H19N3O2. The zero-order valence-electron chi connectivity index (χ0n) is 10.4. The topological polar surface area (TPSA) is 58.4 Å². The lowest BCUT2D eigenvalue weighted by molar-refractivity contribution is -0.130. The normalized spacial score (nSPS) is 14.9. The number of nitrogens with zero attached hydrogens (tertiary/aromatic N) is 2. The third kappa shape index (κ3) is 3.30. The van der Waals surface area contributed by atoms with Crippen LogP contribution < -0.4 is 5.32 Å². The Morgan fingerprint density at radius 3 is 2.94 bits per heavy atom. The number of hydrogen-bond donors (Lipinski definition) is 1. The fourth-order valence-electron chi connectivity index (χ4n) is 1.92. The SMILES string of the molecule is CCN(C(=O)CNCc1cc(C)no1)C1CC1. The predicted octanol–water partition coefficient (Wildman–Crippen LogP) is 1.08. The van der Waals surface area contributed by atoms with Crippen LogP contribution in [-0.4, -0.2) is 35.1 Å². The van der Waals surface area contributed by atoms with Crippen LogP contribution in [-0.2, 0) is 11.3 Å². The molecule has 0 radical (unpaired) electrons. The van der Waals surface area contributed by atoms with Crippen molar-refractivity contribution in [1.82, 2.24) is 15.4 Å². The highest BCUT2D eigenvalue weighted by Gasteiger charge is 2.30. The minimum atomic E-state index is 0.172. The van der Waals surface area contributed by atoms with E-state index in [1.807, 2.05) is 24.8 Å². The largest absolute Gasteiger partial charge is 0.360 e. The summed E-state index contributed by atoms with van der Waals surface area (Å²) in [5.74, 6) is 0.941. The van der Waals surface area contributed by atoms with Gasteiger partial charge in [0.2, 0.25) is 5.91 Å². The highest BCUT2D eigenvalue weighted by Crippen LogP contribution is 2.26. The molecule has 1 amide bonds. The molecule has 5 heteroatoms. The number of rotatable bonds is 6. The average Bonchev–Trinajstić information content (AvgIpc) is 3.04. The first kappa shape index (κ1) is 12.1. The molecule has 1 aliphatic carbocycles. The third-order valence-corrected chi connectivity index (χ3v) is 2.90. The van der Waals surface area contributed by atoms with Gasteiger partial charge in [0.25, 0.3) is 0 Å². The van der Waals surface area contributed by atoms with Gasteiger partial charge >= 0.3 is 0 Å². The third-order valence-electron chi connectivity index (χ3n) is 2.90. The van der Waals surface area contributed by atoms with Gasteiger partial charge in [-0.25, -0.2) is 0 Å². The molecule has 0 aromatic carbocycles. The molecule has 1 aromatic rings. The molecule has 1 fully saturated rings. The molecule has 0 aliphatic heterocycles. The highest BCUT2D eigenvalue weighted by atomic mass is 16.5. The summed E-state index contributed by atoms with van der Waals surface area (Å²) in [6.07, 6.45) is 2.31. The van der Waals surface area contributed by atoms with Crippen molar-refractivity contribution in [2.75, 3.05) is 13.1 Å². The van der Waals surface area contributed by atoms with Gasteiger partial charge < -0.3 is 14.7 Å². The second kappa shape index (κ2) is 5.31. The lowest BCUT2D eigenvalue weighted by Crippen LogP contribution is -2.39. The molecule has 17 heavy (non-hydrogen) atoms. The number of aryl methyl sites for hydroxylation is 1. The van der Waals surface area contributed by atoms with Crippen molar-refractivity contribution >= 4 is 5.91 Å². The summed E-state index contributed by atoms with van der Waals surface area (Å²) in [4.78, 5) is 13.8. The van der Waals surface area contributed by atoms with Crippen molar-refractivity contribution in [2.45, 2.75) is 39.3 Å². The molecule has 0 unspecified atom stereocenters. The summed E-state index contributed by atoms with van der Waals surface area (Å²) >= 11 is 0. The smallest absolute Gasteiger partial charge is 0.236 e. The fourth-order valence-corrected chi connectivity index (χ4v) is 1.92. The first-order valence-corrected chi connectivity index (χ1v) is 6.13. The number of amides is 1. The summed E-state index contributed by atoms with van der Waals surface area (Å²) < 4.78 is 5.06. The number of hydrogen-bond acceptors (Lipinski definition) is 4. The number of carbonyl (C=O) groups excluding carboxylic acids is 1. The molecule has 1 heterocycles. The number of carbonyl (C=O) groups is 1. The molecule has 1 aromatic heterocycles. The summed E-state index contributed by atoms with van der Waals surface area (Å²) in [5, 5.41) is 6.88. The molecular weight excluding hydrogens is 218 g/mol. The van der Waals surface area contributed by atoms with Crippen molar-refractivity contribution in [3.05, 3.63) is 17.5 Å². The molecule has 0 bridgehead atoms. The number of likely N-dealkylation sites (N-methyl/N-ethyl adjacent to an activating group) is 1. The maximum atomic E-state index is 11.9. The number of aromatic nitrogens is 1. The lowest BCUT2D eigenvalue weighted by Gasteiger charge is -2.20. The van der Waals surface area contributed by atoms with Gasteiger partial charge in [-0.2, -0.15) is 0 Å². The van der Waals surface area contributed by atoms with E-state index >= 15 is 0 Å². The van der Waals surface area contributed by atoms with Gasteiger partial charge in [-0.15, -0.1) is 0 Å². The van der Waals surface area contributed by atoms with Gasteiger partial charge in [-0.3, -0.25) is 4.79 Å². The van der Waals surface area contributed by atoms with Crippen LogP contribution in [0.15, 0.2) is 10.6 Å². The summed E-state index contributed by atoms with van der Waals surface area (Å²) in [5.41, 5.74) is 0.862. The Hall–Kier alpha value is -1.36. The Kier molecular flexibility index (Phi) is 3.78. The van der Waals surface area contributed by atoms with Gasteiger partial charge in [0.05, 0.1) is 18.8 Å². The lowest BCUT2D eigenvalue weighted by atomic mass is 10.3. The van der Waals surface area contributed by atoms with Crippen molar-refractivity contribution in [1.29, 1.82) is 0 Å². The van der Waals surface area contributed by atoms with Crippen LogP contribution >= 0.6 is 0 Å². The van der Waals surface area contributed by atoms with Gasteiger partial charge in [0, 0.05) is 18.7 Å². The molecule has 1 saturated carbocycles. The second-order valence-corrected chi connectivity index (χ2v) is 4.45. The monoisotopic (exact) mass is 237 g/mol. The van der Waals surface area contributed by atoms with E-state index in [0.717, 1.165) is 30.8 Å². The minimum absolute atomic E-state index is 0.172. The molecule has 1 N–H and O–H groups in total. The highest BCUT2D eigenvalue weighted by molar-refractivity contribution is 5.78. The van der Waals surface area contributed by atoms with Crippen molar-refractivity contribution in [3.8, 4) is 0 Å². The van der Waals surface area contributed by atoms with Gasteiger partial charge in [-0.05, 0) is 26.7 Å². The molecule has 0 atom stereocenters. The van der Waals surface area contributed by atoms with Crippen molar-refractivity contribution in [2.24, 2.45) is 0 Å². The Balaban J connectivity index is 1.72. The van der Waals surface area contributed by atoms with Crippen LogP contribution in [0, 0.1) is 6.92 Å². The van der Waals surface area contributed by atoms with Crippen LogP contribution in [0.2, 0.25) is 0 Å². The summed E-state index contributed by atoms with van der Waals surface area (Å²) in [6.45, 7) is 5.62. The van der Waals surface area contributed by atoms with Crippen LogP contribution in [0.25, 0.3) is 0 Å². The zero-order valence-corrected chi connectivity index (χ0v) is 10.4. The second-order valence-electron chi connectivity index (χ2n) is 4.45. The van der Waals surface area contributed by atoms with E-state index in [1.165, 1.54) is 0 Å². The first-order valence-electron chi connectivity index (χ1n) is 6.13. The Morgan fingerprint density at radius 2 is 2.41 bits per heavy atom. The fraction of sp³-hybridized carbons (Fsp3) is 0.667. The standard InChI is InChI=1S/C12H19N3O2/c1-3-15(10-4-5-10)12(16)8-13-7-11-6-9(2)14-17-11/h6,10,13H,3-5,7-8H2,1-2H3. The van der Waals surface area contributed by atoms with E-state index < -0.39 is 0 Å². The van der Waals surface area contributed by atoms with E-state index in [-0.39, 0.29) is 5.91 Å². The van der Waals surface area contributed by atoms with E-state index in [1.54, 1.807) is 0 Å². The van der Waals surface area contributed by atoms with E-state index in [0.29, 0.717) is 19.1 Å². The van der Waals surface area contributed by atoms with Crippen molar-refractivity contribution < 1.29 is 9.32 Å². The predicted molar refractivity (Wildman–Crippen MR) is 63.4 cm³/mol. The molecule has 94 valence electrons. The van der Waals surface area contributed by atoms with Crippen LogP contribution in [0.1, 0.15) is 31.2 Å². The molecule has 0 saturated heterocycles. The molecule has 5 nitrogen and oxygen atoms in total. The molecule has 0 spiro atoms. The maximum absolute atomic E-state index is 11.9. The van der Waals surface area contributed by atoms with Gasteiger partial charge in [0.15, 0.2) is 5.76 Å². The zero-order chi connectivity index (χ0) is 12.3. The van der Waals surface area contributed by atoms with Gasteiger partial charge in [-0.1, -0.05) is 5.16 Å². The van der Waals surface area contributed by atoms with Crippen LogP contribution in [0.5, 0.6) is 0 Å². The van der Waals surface area contributed by atoms with E-state index in [9.17, 15) is 4.79 Å². The first-order chi connectivity index (χ1) is 8.20. The van der Waals surface area contributed by atoms with Gasteiger partial charge in [0.1, 0.15) is 0 Å².